The zero-order chi connectivity index (χ0) is 25.4. The number of anilines is 1. The highest BCUT2D eigenvalue weighted by molar-refractivity contribution is 6.36. The van der Waals surface area contributed by atoms with E-state index < -0.39 is 0 Å². The van der Waals surface area contributed by atoms with Crippen LogP contribution in [0.4, 0.5) is 5.82 Å². The molecule has 8 nitrogen and oxygen atoms in total. The predicted molar refractivity (Wildman–Crippen MR) is 143 cm³/mol. The number of nitrogens with one attached hydrogen (secondary N) is 1. The summed E-state index contributed by atoms with van der Waals surface area (Å²) in [6.45, 7) is 2.38. The van der Waals surface area contributed by atoms with Crippen LogP contribution in [0.25, 0.3) is 16.9 Å². The van der Waals surface area contributed by atoms with Crippen LogP contribution in [-0.2, 0) is 11.2 Å². The SMILES string of the molecule is [B]c1cnn2c(NCC3CCCN(C(=O)Cc4ccc5c(c4)OCO5)C3)cc(-c3ccccc3Cl)nc12. The van der Waals surface area contributed by atoms with Crippen LogP contribution in [0.5, 0.6) is 11.5 Å². The van der Waals surface area contributed by atoms with Crippen molar-refractivity contribution in [2.75, 3.05) is 31.7 Å². The first-order valence-electron chi connectivity index (χ1n) is 12.3. The summed E-state index contributed by atoms with van der Waals surface area (Å²) in [6, 6.07) is 15.2. The van der Waals surface area contributed by atoms with E-state index >= 15 is 0 Å². The number of hydrogen-bond acceptors (Lipinski definition) is 6. The molecule has 2 aromatic carbocycles. The lowest BCUT2D eigenvalue weighted by Crippen LogP contribution is -2.42. The standard InChI is InChI=1S/C27H25BClN5O3/c28-20-14-31-34-25(12-22(32-27(20)34)19-5-1-2-6-21(19)29)30-13-18-4-3-9-33(15-18)26(35)11-17-7-8-23-24(10-17)37-16-36-23/h1-2,5-8,10,12,14,18,30H,3-4,9,11,13,15-16H2. The van der Waals surface area contributed by atoms with Crippen LogP contribution in [0.15, 0.2) is 54.7 Å². The van der Waals surface area contributed by atoms with Gasteiger partial charge in [0.05, 0.1) is 12.1 Å². The van der Waals surface area contributed by atoms with Crippen molar-refractivity contribution >= 4 is 42.3 Å². The summed E-state index contributed by atoms with van der Waals surface area (Å²) in [5, 5.41) is 8.55. The topological polar surface area (TPSA) is 81.0 Å². The number of nitrogens with zero attached hydrogens (tertiary/aromatic N) is 4. The molecule has 1 unspecified atom stereocenters. The predicted octanol–water partition coefficient (Wildman–Crippen LogP) is 3.47. The van der Waals surface area contributed by atoms with Crippen molar-refractivity contribution in [1.29, 1.82) is 0 Å². The summed E-state index contributed by atoms with van der Waals surface area (Å²) in [4.78, 5) is 19.7. The van der Waals surface area contributed by atoms with Gasteiger partial charge in [0.2, 0.25) is 12.7 Å². The number of benzene rings is 2. The van der Waals surface area contributed by atoms with E-state index in [1.165, 1.54) is 0 Å². The van der Waals surface area contributed by atoms with E-state index in [1.54, 1.807) is 10.7 Å². The number of likely N-dealkylation sites (tertiary alicyclic amines) is 1. The molecule has 0 spiro atoms. The third-order valence-corrected chi connectivity index (χ3v) is 7.21. The highest BCUT2D eigenvalue weighted by atomic mass is 35.5. The van der Waals surface area contributed by atoms with Crippen LogP contribution in [0, 0.1) is 5.92 Å². The van der Waals surface area contributed by atoms with E-state index in [0.717, 1.165) is 47.8 Å². The summed E-state index contributed by atoms with van der Waals surface area (Å²) in [6.07, 6.45) is 3.94. The molecule has 10 heteroatoms. The number of rotatable bonds is 6. The first-order chi connectivity index (χ1) is 18.0. The van der Waals surface area contributed by atoms with Gasteiger partial charge in [-0.2, -0.15) is 9.61 Å². The number of aromatic nitrogens is 3. The number of amides is 1. The van der Waals surface area contributed by atoms with Crippen LogP contribution < -0.4 is 20.3 Å². The number of fused-ring (bicyclic) bond motifs is 2. The van der Waals surface area contributed by atoms with Crippen molar-refractivity contribution in [3.63, 3.8) is 0 Å². The van der Waals surface area contributed by atoms with Gasteiger partial charge in [-0.3, -0.25) is 4.79 Å². The Kier molecular flexibility index (Phi) is 6.38. The minimum absolute atomic E-state index is 0.121. The largest absolute Gasteiger partial charge is 0.454 e. The Balaban J connectivity index is 1.15. The van der Waals surface area contributed by atoms with Crippen LogP contribution in [0.1, 0.15) is 18.4 Å². The second-order valence-corrected chi connectivity index (χ2v) is 9.84. The van der Waals surface area contributed by atoms with Crippen molar-refractivity contribution < 1.29 is 14.3 Å². The highest BCUT2D eigenvalue weighted by Crippen LogP contribution is 2.33. The molecule has 2 radical (unpaired) electrons. The molecular formula is C27H25BClN5O3. The van der Waals surface area contributed by atoms with Gasteiger partial charge in [-0.05, 0) is 48.0 Å². The summed E-state index contributed by atoms with van der Waals surface area (Å²) in [5.74, 6) is 2.62. The zero-order valence-electron chi connectivity index (χ0n) is 20.2. The maximum absolute atomic E-state index is 13.1. The maximum Gasteiger partial charge on any atom is 0.231 e. The Morgan fingerprint density at radius 3 is 2.92 bits per heavy atom. The van der Waals surface area contributed by atoms with Gasteiger partial charge in [-0.15, -0.1) is 0 Å². The van der Waals surface area contributed by atoms with Crippen molar-refractivity contribution in [2.24, 2.45) is 5.92 Å². The lowest BCUT2D eigenvalue weighted by molar-refractivity contribution is -0.132. The van der Waals surface area contributed by atoms with Gasteiger partial charge >= 0.3 is 0 Å². The summed E-state index contributed by atoms with van der Waals surface area (Å²) in [7, 11) is 6.15. The van der Waals surface area contributed by atoms with E-state index in [1.807, 2.05) is 53.4 Å². The van der Waals surface area contributed by atoms with E-state index in [4.69, 9.17) is 33.9 Å². The maximum atomic E-state index is 13.1. The van der Waals surface area contributed by atoms with Gasteiger partial charge in [-0.25, -0.2) is 4.98 Å². The van der Waals surface area contributed by atoms with Gasteiger partial charge in [-0.1, -0.05) is 35.9 Å². The monoisotopic (exact) mass is 513 g/mol. The molecular weight excluding hydrogens is 489 g/mol. The van der Waals surface area contributed by atoms with E-state index in [0.29, 0.717) is 47.3 Å². The van der Waals surface area contributed by atoms with Gasteiger partial charge in [0.25, 0.3) is 0 Å². The zero-order valence-corrected chi connectivity index (χ0v) is 20.9. The molecule has 1 fully saturated rings. The Labute approximate surface area is 220 Å². The van der Waals surface area contributed by atoms with Crippen molar-refractivity contribution in [3.8, 4) is 22.8 Å². The molecule has 0 bridgehead atoms. The average Bonchev–Trinajstić information content (AvgIpc) is 3.54. The molecule has 0 aliphatic carbocycles. The average molecular weight is 514 g/mol. The molecule has 1 saturated heterocycles. The normalized spacial score (nSPS) is 16.8. The molecule has 1 atom stereocenters. The Bertz CT molecular complexity index is 1480. The molecule has 0 saturated carbocycles. The van der Waals surface area contributed by atoms with E-state index in [-0.39, 0.29) is 12.7 Å². The molecule has 4 aromatic rings. The van der Waals surface area contributed by atoms with Crippen LogP contribution >= 0.6 is 11.6 Å². The molecule has 4 heterocycles. The van der Waals surface area contributed by atoms with Crippen molar-refractivity contribution in [3.05, 3.63) is 65.3 Å². The summed E-state index contributed by atoms with van der Waals surface area (Å²) >= 11 is 6.44. The lowest BCUT2D eigenvalue weighted by atomic mass is 9.97. The molecule has 37 heavy (non-hydrogen) atoms. The van der Waals surface area contributed by atoms with E-state index in [9.17, 15) is 4.79 Å². The Hall–Kier alpha value is -3.72. The fourth-order valence-corrected chi connectivity index (χ4v) is 5.19. The number of halogens is 1. The van der Waals surface area contributed by atoms with Crippen LogP contribution in [-0.4, -0.2) is 59.7 Å². The second kappa shape index (κ2) is 9.97. The van der Waals surface area contributed by atoms with Gasteiger partial charge in [0, 0.05) is 42.5 Å². The first-order valence-corrected chi connectivity index (χ1v) is 12.7. The number of carbonyl (C=O) groups is 1. The molecule has 2 aliphatic rings. The van der Waals surface area contributed by atoms with Gasteiger partial charge in [0.15, 0.2) is 17.1 Å². The van der Waals surface area contributed by atoms with Crippen molar-refractivity contribution in [2.45, 2.75) is 19.3 Å². The smallest absolute Gasteiger partial charge is 0.231 e. The molecule has 2 aliphatic heterocycles. The van der Waals surface area contributed by atoms with Crippen LogP contribution in [0.3, 0.4) is 0 Å². The second-order valence-electron chi connectivity index (χ2n) is 9.44. The van der Waals surface area contributed by atoms with Crippen molar-refractivity contribution in [1.82, 2.24) is 19.5 Å². The number of hydrogen-bond donors (Lipinski definition) is 1. The van der Waals surface area contributed by atoms with Gasteiger partial charge in [0.1, 0.15) is 13.7 Å². The van der Waals surface area contributed by atoms with Crippen LogP contribution in [0.2, 0.25) is 5.02 Å². The minimum Gasteiger partial charge on any atom is -0.454 e. The summed E-state index contributed by atoms with van der Waals surface area (Å²) < 4.78 is 12.5. The first kappa shape index (κ1) is 23.7. The molecule has 2 aromatic heterocycles. The quantitative estimate of drug-likeness (QED) is 0.398. The molecule has 6 rings (SSSR count). The third kappa shape index (κ3) is 4.83. The van der Waals surface area contributed by atoms with Gasteiger partial charge < -0.3 is 19.7 Å². The Morgan fingerprint density at radius 1 is 1.16 bits per heavy atom. The lowest BCUT2D eigenvalue weighted by Gasteiger charge is -2.33. The number of carbonyl (C=O) groups excluding carboxylic acids is 1. The fourth-order valence-electron chi connectivity index (χ4n) is 4.96. The molecule has 1 N–H and O–H groups in total. The Morgan fingerprint density at radius 2 is 2.03 bits per heavy atom. The van der Waals surface area contributed by atoms with E-state index in [2.05, 4.69) is 10.4 Å². The molecule has 1 amide bonds. The minimum atomic E-state index is 0.121. The fraction of sp³-hybridized carbons (Fsp3) is 0.296. The third-order valence-electron chi connectivity index (χ3n) is 6.88. The summed E-state index contributed by atoms with van der Waals surface area (Å²) in [5.41, 5.74) is 3.54. The number of piperidine rings is 1. The molecule has 186 valence electrons. The highest BCUT2D eigenvalue weighted by Gasteiger charge is 2.25. The number of ether oxygens (including phenoxy) is 2.